The number of anilines is 1. The van der Waals surface area contributed by atoms with Crippen molar-refractivity contribution in [2.75, 3.05) is 4.90 Å². The number of nitrogens with zero attached hydrogens (tertiary/aromatic N) is 1. The standard InChI is InChI=1S/C23H21Cl3N2O5/c1-10(2)9-23(22(32)33)17-16(18(27-23)14-7-12(25)8-15(26)19(14)29)20(30)28(21(17)31)13-5-3-4-11(24)6-13/h3-8,10,16-18,27,29H,9H2,1-2H3,(H,32,33)/t16-,17-,18-,23+/m1/s1. The molecule has 33 heavy (non-hydrogen) atoms. The molecule has 2 fully saturated rings. The molecule has 3 N–H and O–H groups in total. The second-order valence-electron chi connectivity index (χ2n) is 8.82. The number of fused-ring (bicyclic) bond motifs is 1. The number of benzene rings is 2. The molecule has 2 aliphatic heterocycles. The molecule has 2 aromatic rings. The molecule has 0 aromatic heterocycles. The van der Waals surface area contributed by atoms with Gasteiger partial charge in [0.2, 0.25) is 11.8 Å². The zero-order valence-electron chi connectivity index (χ0n) is 17.7. The van der Waals surface area contributed by atoms with Crippen molar-refractivity contribution in [3.63, 3.8) is 0 Å². The summed E-state index contributed by atoms with van der Waals surface area (Å²) in [5, 5.41) is 24.5. The summed E-state index contributed by atoms with van der Waals surface area (Å²) in [5.74, 6) is -5.25. The average Bonchev–Trinajstić information content (AvgIpc) is 3.19. The monoisotopic (exact) mass is 510 g/mol. The van der Waals surface area contributed by atoms with Crippen LogP contribution in [0.5, 0.6) is 5.75 Å². The average molecular weight is 512 g/mol. The van der Waals surface area contributed by atoms with Gasteiger partial charge in [-0.15, -0.1) is 0 Å². The number of nitrogens with one attached hydrogen (secondary N) is 1. The number of carbonyl (C=O) groups is 3. The van der Waals surface area contributed by atoms with Crippen LogP contribution in [0.4, 0.5) is 5.69 Å². The smallest absolute Gasteiger partial charge is 0.324 e. The number of aromatic hydroxyl groups is 1. The van der Waals surface area contributed by atoms with Crippen molar-refractivity contribution >= 4 is 58.3 Å². The van der Waals surface area contributed by atoms with Crippen molar-refractivity contribution < 1.29 is 24.6 Å². The Bertz CT molecular complexity index is 1170. The van der Waals surface area contributed by atoms with E-state index in [0.717, 1.165) is 4.90 Å². The topological polar surface area (TPSA) is 107 Å². The fraction of sp³-hybridized carbons (Fsp3) is 0.348. The summed E-state index contributed by atoms with van der Waals surface area (Å²) in [4.78, 5) is 41.0. The van der Waals surface area contributed by atoms with Gasteiger partial charge in [-0.1, -0.05) is 54.7 Å². The molecule has 4 rings (SSSR count). The summed E-state index contributed by atoms with van der Waals surface area (Å²) < 4.78 is 0. The molecule has 10 heteroatoms. The van der Waals surface area contributed by atoms with Crippen LogP contribution in [0.25, 0.3) is 0 Å². The molecule has 0 unspecified atom stereocenters. The van der Waals surface area contributed by atoms with Crippen LogP contribution >= 0.6 is 34.8 Å². The maximum Gasteiger partial charge on any atom is 0.324 e. The number of amides is 2. The van der Waals surface area contributed by atoms with Gasteiger partial charge in [-0.2, -0.15) is 0 Å². The Morgan fingerprint density at radius 1 is 1.12 bits per heavy atom. The molecular weight excluding hydrogens is 491 g/mol. The van der Waals surface area contributed by atoms with Crippen molar-refractivity contribution in [3.05, 3.63) is 57.0 Å². The van der Waals surface area contributed by atoms with Gasteiger partial charge in [-0.25, -0.2) is 4.90 Å². The lowest BCUT2D eigenvalue weighted by molar-refractivity contribution is -0.149. The van der Waals surface area contributed by atoms with E-state index in [4.69, 9.17) is 34.8 Å². The van der Waals surface area contributed by atoms with Crippen molar-refractivity contribution in [3.8, 4) is 5.75 Å². The minimum absolute atomic E-state index is 0.0454. The van der Waals surface area contributed by atoms with E-state index in [2.05, 4.69) is 5.32 Å². The molecule has 0 aliphatic carbocycles. The lowest BCUT2D eigenvalue weighted by atomic mass is 9.75. The Kier molecular flexibility index (Phi) is 6.12. The molecule has 0 spiro atoms. The SMILES string of the molecule is CC(C)C[C@]1(C(=O)O)N[C@H](c2cc(Cl)cc(Cl)c2O)[C@@H]2C(=O)N(c3cccc(Cl)c3)C(=O)[C@@H]21. The first-order valence-corrected chi connectivity index (χ1v) is 11.4. The molecule has 2 amide bonds. The highest BCUT2D eigenvalue weighted by Crippen LogP contribution is 2.53. The first-order valence-electron chi connectivity index (χ1n) is 10.3. The number of carbonyl (C=O) groups excluding carboxylic acids is 2. The van der Waals surface area contributed by atoms with Crippen LogP contribution < -0.4 is 10.2 Å². The van der Waals surface area contributed by atoms with E-state index < -0.39 is 41.2 Å². The van der Waals surface area contributed by atoms with Gasteiger partial charge < -0.3 is 10.2 Å². The molecule has 0 radical (unpaired) electrons. The van der Waals surface area contributed by atoms with Gasteiger partial charge in [-0.05, 0) is 42.7 Å². The lowest BCUT2D eigenvalue weighted by Gasteiger charge is -2.32. The maximum absolute atomic E-state index is 13.7. The van der Waals surface area contributed by atoms with E-state index in [1.807, 2.05) is 13.8 Å². The number of phenols is 1. The first-order chi connectivity index (χ1) is 15.5. The van der Waals surface area contributed by atoms with Crippen molar-refractivity contribution in [2.45, 2.75) is 31.8 Å². The highest BCUT2D eigenvalue weighted by atomic mass is 35.5. The zero-order valence-corrected chi connectivity index (χ0v) is 19.9. The number of carboxylic acid groups (broad SMARTS) is 1. The van der Waals surface area contributed by atoms with Crippen LogP contribution in [0, 0.1) is 17.8 Å². The van der Waals surface area contributed by atoms with Gasteiger partial charge in [0, 0.05) is 21.7 Å². The number of hydrogen-bond acceptors (Lipinski definition) is 5. The van der Waals surface area contributed by atoms with E-state index in [9.17, 15) is 24.6 Å². The molecular formula is C23H21Cl3N2O5. The second kappa shape index (κ2) is 8.47. The number of rotatable bonds is 5. The number of halogens is 3. The molecule has 0 bridgehead atoms. The van der Waals surface area contributed by atoms with E-state index in [-0.39, 0.29) is 39.4 Å². The third-order valence-electron chi connectivity index (χ3n) is 6.23. The minimum atomic E-state index is -1.75. The predicted octanol–water partition coefficient (Wildman–Crippen LogP) is 4.67. The second-order valence-corrected chi connectivity index (χ2v) is 10.1. The van der Waals surface area contributed by atoms with E-state index in [1.165, 1.54) is 18.2 Å². The molecule has 2 aromatic carbocycles. The third-order valence-corrected chi connectivity index (χ3v) is 6.97. The quantitative estimate of drug-likeness (QED) is 0.504. The van der Waals surface area contributed by atoms with Crippen LogP contribution in [0.1, 0.15) is 31.9 Å². The largest absolute Gasteiger partial charge is 0.506 e. The van der Waals surface area contributed by atoms with Crippen molar-refractivity contribution in [1.29, 1.82) is 0 Å². The number of aliphatic carboxylic acids is 1. The Morgan fingerprint density at radius 2 is 1.82 bits per heavy atom. The fourth-order valence-corrected chi connectivity index (χ4v) is 5.77. The van der Waals surface area contributed by atoms with Gasteiger partial charge in [0.15, 0.2) is 0 Å². The Morgan fingerprint density at radius 3 is 2.42 bits per heavy atom. The molecule has 2 saturated heterocycles. The Labute approximate surface area is 205 Å². The predicted molar refractivity (Wildman–Crippen MR) is 125 cm³/mol. The fourth-order valence-electron chi connectivity index (χ4n) is 5.08. The number of carboxylic acids is 1. The van der Waals surface area contributed by atoms with Crippen LogP contribution in [0.3, 0.4) is 0 Å². The van der Waals surface area contributed by atoms with E-state index in [1.54, 1.807) is 18.2 Å². The summed E-state index contributed by atoms with van der Waals surface area (Å²) in [6.07, 6.45) is 0.0808. The Hall–Kier alpha value is -2.32. The normalized spacial score (nSPS) is 26.8. The molecule has 4 atom stereocenters. The highest BCUT2D eigenvalue weighted by Gasteiger charge is 2.69. The molecule has 2 heterocycles. The van der Waals surface area contributed by atoms with Crippen LogP contribution in [-0.4, -0.2) is 33.5 Å². The van der Waals surface area contributed by atoms with Gasteiger partial charge in [0.25, 0.3) is 0 Å². The molecule has 174 valence electrons. The number of phenolic OH excluding ortho intramolecular Hbond substituents is 1. The van der Waals surface area contributed by atoms with Crippen molar-refractivity contribution in [1.82, 2.24) is 5.32 Å². The first kappa shape index (κ1) is 23.8. The zero-order chi connectivity index (χ0) is 24.2. The lowest BCUT2D eigenvalue weighted by Crippen LogP contribution is -2.56. The van der Waals surface area contributed by atoms with Crippen LogP contribution in [-0.2, 0) is 14.4 Å². The highest BCUT2D eigenvalue weighted by molar-refractivity contribution is 6.35. The summed E-state index contributed by atoms with van der Waals surface area (Å²) in [7, 11) is 0. The number of imide groups is 1. The van der Waals surface area contributed by atoms with Gasteiger partial charge in [0.05, 0.1) is 22.5 Å². The number of hydrogen-bond donors (Lipinski definition) is 3. The van der Waals surface area contributed by atoms with Gasteiger partial charge in [0.1, 0.15) is 11.3 Å². The molecule has 2 aliphatic rings. The molecule has 0 saturated carbocycles. The summed E-state index contributed by atoms with van der Waals surface area (Å²) in [6, 6.07) is 7.99. The van der Waals surface area contributed by atoms with E-state index in [0.29, 0.717) is 5.02 Å². The van der Waals surface area contributed by atoms with E-state index >= 15 is 0 Å². The molecule has 7 nitrogen and oxygen atoms in total. The van der Waals surface area contributed by atoms with Crippen LogP contribution in [0.15, 0.2) is 36.4 Å². The Balaban J connectivity index is 1.93. The third kappa shape index (κ3) is 3.77. The van der Waals surface area contributed by atoms with Gasteiger partial charge >= 0.3 is 5.97 Å². The minimum Gasteiger partial charge on any atom is -0.506 e. The summed E-state index contributed by atoms with van der Waals surface area (Å²) >= 11 is 18.3. The summed E-state index contributed by atoms with van der Waals surface area (Å²) in [6.45, 7) is 3.66. The van der Waals surface area contributed by atoms with Crippen molar-refractivity contribution in [2.24, 2.45) is 17.8 Å². The summed E-state index contributed by atoms with van der Waals surface area (Å²) in [5.41, 5.74) is -1.34. The van der Waals surface area contributed by atoms with Gasteiger partial charge in [-0.3, -0.25) is 19.7 Å². The maximum atomic E-state index is 13.7. The van der Waals surface area contributed by atoms with Crippen LogP contribution in [0.2, 0.25) is 15.1 Å².